The van der Waals surface area contributed by atoms with Crippen LogP contribution < -0.4 is 5.32 Å². The molecule has 4 heteroatoms. The van der Waals surface area contributed by atoms with Crippen LogP contribution in [0.5, 0.6) is 0 Å². The normalized spacial score (nSPS) is 18.9. The van der Waals surface area contributed by atoms with E-state index < -0.39 is 0 Å². The number of benzene rings is 2. The number of carbonyl (C=O) groups is 1. The Kier molecular flexibility index (Phi) is 4.51. The van der Waals surface area contributed by atoms with Gasteiger partial charge in [0.05, 0.1) is 12.1 Å². The van der Waals surface area contributed by atoms with Crippen LogP contribution in [-0.4, -0.2) is 28.0 Å². The summed E-state index contributed by atoms with van der Waals surface area (Å²) in [5, 5.41) is 5.37. The van der Waals surface area contributed by atoms with Crippen molar-refractivity contribution in [2.75, 3.05) is 11.9 Å². The smallest absolute Gasteiger partial charge is 0.241 e. The van der Waals surface area contributed by atoms with E-state index in [1.54, 1.807) is 0 Å². The summed E-state index contributed by atoms with van der Waals surface area (Å²) >= 11 is 0. The van der Waals surface area contributed by atoms with E-state index in [1.807, 2.05) is 31.2 Å². The Balaban J connectivity index is 1.55. The lowest BCUT2D eigenvalue weighted by Gasteiger charge is -2.30. The minimum Gasteiger partial charge on any atom is -0.353 e. The van der Waals surface area contributed by atoms with Crippen LogP contribution in [0.4, 0.5) is 5.69 Å². The maximum absolute atomic E-state index is 13.0. The van der Waals surface area contributed by atoms with Gasteiger partial charge in [0.15, 0.2) is 0 Å². The van der Waals surface area contributed by atoms with E-state index in [9.17, 15) is 4.79 Å². The lowest BCUT2D eigenvalue weighted by Crippen LogP contribution is -2.42. The fourth-order valence-corrected chi connectivity index (χ4v) is 4.11. The molecule has 2 aromatic carbocycles. The Hall–Kier alpha value is -2.59. The topological polar surface area (TPSA) is 37.3 Å². The van der Waals surface area contributed by atoms with Gasteiger partial charge in [-0.15, -0.1) is 0 Å². The Morgan fingerprint density at radius 1 is 1.12 bits per heavy atom. The minimum atomic E-state index is -0.170. The van der Waals surface area contributed by atoms with Crippen LogP contribution in [0.1, 0.15) is 31.5 Å². The third-order valence-corrected chi connectivity index (χ3v) is 5.54. The third kappa shape index (κ3) is 3.01. The van der Waals surface area contributed by atoms with Gasteiger partial charge in [-0.1, -0.05) is 36.4 Å². The van der Waals surface area contributed by atoms with Gasteiger partial charge in [0, 0.05) is 30.0 Å². The first-order valence-electron chi connectivity index (χ1n) is 9.31. The van der Waals surface area contributed by atoms with E-state index in [4.69, 9.17) is 0 Å². The van der Waals surface area contributed by atoms with Crippen molar-refractivity contribution in [2.24, 2.45) is 7.05 Å². The highest BCUT2D eigenvalue weighted by Gasteiger charge is 2.34. The van der Waals surface area contributed by atoms with Crippen LogP contribution in [-0.2, 0) is 11.8 Å². The van der Waals surface area contributed by atoms with Gasteiger partial charge in [0.25, 0.3) is 0 Å². The highest BCUT2D eigenvalue weighted by Crippen LogP contribution is 2.34. The number of anilines is 1. The van der Waals surface area contributed by atoms with Gasteiger partial charge in [-0.2, -0.15) is 0 Å². The Bertz CT molecular complexity index is 925. The molecule has 1 N–H and O–H groups in total. The number of likely N-dealkylation sites (tertiary alicyclic amines) is 1. The highest BCUT2D eigenvalue weighted by atomic mass is 16.2. The van der Waals surface area contributed by atoms with Gasteiger partial charge in [-0.05, 0) is 49.9 Å². The summed E-state index contributed by atoms with van der Waals surface area (Å²) in [5.41, 5.74) is 2.17. The molecule has 0 saturated carbocycles. The number of carbonyl (C=O) groups excluding carboxylic acids is 1. The van der Waals surface area contributed by atoms with Crippen molar-refractivity contribution in [1.29, 1.82) is 0 Å². The number of hydrogen-bond donors (Lipinski definition) is 1. The number of nitrogens with one attached hydrogen (secondary N) is 1. The largest absolute Gasteiger partial charge is 0.353 e. The number of amides is 1. The molecule has 1 fully saturated rings. The predicted octanol–water partition coefficient (Wildman–Crippen LogP) is 4.34. The van der Waals surface area contributed by atoms with Crippen molar-refractivity contribution in [2.45, 2.75) is 31.8 Å². The molecule has 4 rings (SSSR count). The first kappa shape index (κ1) is 16.9. The van der Waals surface area contributed by atoms with Crippen LogP contribution >= 0.6 is 0 Å². The highest BCUT2D eigenvalue weighted by molar-refractivity contribution is 6.03. The van der Waals surface area contributed by atoms with E-state index in [0.29, 0.717) is 6.04 Å². The fraction of sp³-hybridized carbons (Fsp3) is 0.318. The minimum absolute atomic E-state index is 0.0578. The zero-order valence-electron chi connectivity index (χ0n) is 15.4. The molecule has 0 spiro atoms. The summed E-state index contributed by atoms with van der Waals surface area (Å²) in [6, 6.07) is 18.6. The van der Waals surface area contributed by atoms with Gasteiger partial charge in [0.1, 0.15) is 0 Å². The second kappa shape index (κ2) is 6.96. The van der Waals surface area contributed by atoms with Gasteiger partial charge >= 0.3 is 0 Å². The molecule has 1 amide bonds. The molecular weight excluding hydrogens is 322 g/mol. The molecule has 0 aliphatic carbocycles. The summed E-state index contributed by atoms with van der Waals surface area (Å²) in [6.07, 6.45) is 4.30. The molecule has 2 atom stereocenters. The number of aromatic nitrogens is 1. The molecule has 1 aliphatic rings. The number of nitrogens with zero attached hydrogens (tertiary/aromatic N) is 2. The maximum atomic E-state index is 13.0. The Morgan fingerprint density at radius 2 is 1.92 bits per heavy atom. The number of fused-ring (bicyclic) bond motifs is 1. The zero-order chi connectivity index (χ0) is 18.1. The zero-order valence-corrected chi connectivity index (χ0v) is 15.4. The van der Waals surface area contributed by atoms with Gasteiger partial charge in [-0.25, -0.2) is 0 Å². The lowest BCUT2D eigenvalue weighted by atomic mass is 10.1. The second-order valence-electron chi connectivity index (χ2n) is 7.13. The van der Waals surface area contributed by atoms with Crippen molar-refractivity contribution >= 4 is 22.4 Å². The van der Waals surface area contributed by atoms with Crippen LogP contribution in [0.25, 0.3) is 10.8 Å². The first-order chi connectivity index (χ1) is 12.6. The van der Waals surface area contributed by atoms with E-state index in [0.717, 1.165) is 35.8 Å². The Labute approximate surface area is 154 Å². The molecule has 1 aromatic heterocycles. The SMILES string of the molecule is C[C@@H](C(=O)Nc1cccc2ccccc12)N1CCC[C@@H]1c1cccn1C. The summed E-state index contributed by atoms with van der Waals surface area (Å²) < 4.78 is 2.16. The summed E-state index contributed by atoms with van der Waals surface area (Å²) in [7, 11) is 2.08. The van der Waals surface area contributed by atoms with Crippen LogP contribution in [0.3, 0.4) is 0 Å². The molecule has 2 heterocycles. The molecule has 4 nitrogen and oxygen atoms in total. The molecule has 0 unspecified atom stereocenters. The van der Waals surface area contributed by atoms with E-state index in [-0.39, 0.29) is 11.9 Å². The number of hydrogen-bond acceptors (Lipinski definition) is 2. The van der Waals surface area contributed by atoms with Gasteiger partial charge in [-0.3, -0.25) is 9.69 Å². The van der Waals surface area contributed by atoms with E-state index in [1.165, 1.54) is 5.69 Å². The van der Waals surface area contributed by atoms with Crippen molar-refractivity contribution in [1.82, 2.24) is 9.47 Å². The average molecular weight is 347 g/mol. The molecule has 1 saturated heterocycles. The predicted molar refractivity (Wildman–Crippen MR) is 106 cm³/mol. The molecule has 26 heavy (non-hydrogen) atoms. The van der Waals surface area contributed by atoms with Crippen LogP contribution in [0, 0.1) is 0 Å². The number of aryl methyl sites for hydroxylation is 1. The quantitative estimate of drug-likeness (QED) is 0.762. The molecule has 3 aromatic rings. The lowest BCUT2D eigenvalue weighted by molar-refractivity contribution is -0.121. The maximum Gasteiger partial charge on any atom is 0.241 e. The molecule has 0 bridgehead atoms. The first-order valence-corrected chi connectivity index (χ1v) is 9.31. The van der Waals surface area contributed by atoms with Crippen molar-refractivity contribution in [3.63, 3.8) is 0 Å². The van der Waals surface area contributed by atoms with Crippen molar-refractivity contribution < 1.29 is 4.79 Å². The fourth-order valence-electron chi connectivity index (χ4n) is 4.11. The summed E-state index contributed by atoms with van der Waals surface area (Å²) in [6.45, 7) is 2.97. The van der Waals surface area contributed by atoms with Crippen molar-refractivity contribution in [3.8, 4) is 0 Å². The van der Waals surface area contributed by atoms with Crippen LogP contribution in [0.15, 0.2) is 60.8 Å². The summed E-state index contributed by atoms with van der Waals surface area (Å²) in [4.78, 5) is 15.3. The molecule has 0 radical (unpaired) electrons. The van der Waals surface area contributed by atoms with Crippen LogP contribution in [0.2, 0.25) is 0 Å². The van der Waals surface area contributed by atoms with E-state index in [2.05, 4.69) is 58.4 Å². The average Bonchev–Trinajstić information content (AvgIpc) is 3.29. The standard InChI is InChI=1S/C22H25N3O/c1-16(25-15-7-13-21(25)20-12-6-14-24(20)2)22(26)23-19-11-5-9-17-8-3-4-10-18(17)19/h3-6,8-12,14,16,21H,7,13,15H2,1-2H3,(H,23,26)/t16-,21+/m0/s1. The van der Waals surface area contributed by atoms with E-state index >= 15 is 0 Å². The van der Waals surface area contributed by atoms with Gasteiger partial charge < -0.3 is 9.88 Å². The summed E-state index contributed by atoms with van der Waals surface area (Å²) in [5.74, 6) is 0.0578. The third-order valence-electron chi connectivity index (χ3n) is 5.54. The second-order valence-corrected chi connectivity index (χ2v) is 7.13. The Morgan fingerprint density at radius 3 is 2.73 bits per heavy atom. The molecule has 134 valence electrons. The van der Waals surface area contributed by atoms with Gasteiger partial charge in [0.2, 0.25) is 5.91 Å². The molecular formula is C22H25N3O. The molecule has 1 aliphatic heterocycles. The number of rotatable bonds is 4. The monoisotopic (exact) mass is 347 g/mol. The van der Waals surface area contributed by atoms with Crippen molar-refractivity contribution in [3.05, 3.63) is 66.5 Å².